The number of nitrogens with zero attached hydrogens (tertiary/aromatic N) is 4. The second-order valence-electron chi connectivity index (χ2n) is 17.3. The quantitative estimate of drug-likeness (QED) is 0.0475. The molecule has 0 spiro atoms. The predicted octanol–water partition coefficient (Wildman–Crippen LogP) is 7.80. The number of ketones is 2. The molecule has 2 aromatic heterocycles. The van der Waals surface area contributed by atoms with E-state index in [2.05, 4.69) is 37.6 Å². The topological polar surface area (TPSA) is 171 Å². The van der Waals surface area contributed by atoms with Gasteiger partial charge in [-0.3, -0.25) is 28.9 Å². The number of anilines is 1. The number of rotatable bonds is 17. The number of thiazole rings is 1. The fourth-order valence-corrected chi connectivity index (χ4v) is 8.99. The Morgan fingerprint density at radius 3 is 2.43 bits per heavy atom. The van der Waals surface area contributed by atoms with Gasteiger partial charge in [0.25, 0.3) is 11.8 Å². The zero-order valence-corrected chi connectivity index (χ0v) is 37.1. The van der Waals surface area contributed by atoms with Crippen molar-refractivity contribution in [3.8, 4) is 33.8 Å². The Bertz CT molecular complexity index is 2400. The van der Waals surface area contributed by atoms with E-state index >= 15 is 0 Å². The number of likely N-dealkylation sites (tertiary alicyclic amines) is 1. The number of hydrogen-bond donors (Lipinski definition) is 1. The number of nitrogens with two attached hydrogens (primary N) is 1. The maximum absolute atomic E-state index is 13.3. The van der Waals surface area contributed by atoms with E-state index in [1.165, 1.54) is 0 Å². The van der Waals surface area contributed by atoms with Crippen molar-refractivity contribution >= 4 is 46.4 Å². The molecule has 330 valence electrons. The number of hydrogen-bond acceptors (Lipinski definition) is 12. The van der Waals surface area contributed by atoms with Crippen LogP contribution < -0.4 is 15.2 Å². The van der Waals surface area contributed by atoms with Crippen molar-refractivity contribution in [2.24, 2.45) is 5.41 Å². The Kier molecular flexibility index (Phi) is 14.7. The van der Waals surface area contributed by atoms with Crippen LogP contribution in [0.3, 0.4) is 0 Å². The lowest BCUT2D eigenvalue weighted by Gasteiger charge is -2.31. The van der Waals surface area contributed by atoms with Crippen molar-refractivity contribution in [3.63, 3.8) is 0 Å². The van der Waals surface area contributed by atoms with E-state index in [0.29, 0.717) is 63.3 Å². The van der Waals surface area contributed by atoms with Gasteiger partial charge in [0.15, 0.2) is 17.4 Å². The van der Waals surface area contributed by atoms with Crippen LogP contribution in [0.1, 0.15) is 128 Å². The predicted molar refractivity (Wildman–Crippen MR) is 239 cm³/mol. The fraction of sp³-hybridized carbons (Fsp3) is 0.449. The molecule has 63 heavy (non-hydrogen) atoms. The van der Waals surface area contributed by atoms with Crippen LogP contribution in [-0.4, -0.2) is 88.0 Å². The molecule has 13 nitrogen and oxygen atoms in total. The molecule has 2 N–H and O–H groups in total. The molecule has 4 aromatic rings. The van der Waals surface area contributed by atoms with E-state index in [1.807, 2.05) is 41.4 Å². The van der Waals surface area contributed by atoms with Gasteiger partial charge in [0.1, 0.15) is 18.1 Å². The van der Waals surface area contributed by atoms with Gasteiger partial charge in [-0.1, -0.05) is 36.5 Å². The number of pyridine rings is 1. The van der Waals surface area contributed by atoms with Gasteiger partial charge in [-0.05, 0) is 95.2 Å². The molecule has 1 aliphatic carbocycles. The summed E-state index contributed by atoms with van der Waals surface area (Å²) in [7, 11) is 0. The summed E-state index contributed by atoms with van der Waals surface area (Å²) in [5.41, 5.74) is 9.35. The molecule has 1 saturated carbocycles. The Morgan fingerprint density at radius 1 is 0.873 bits per heavy atom. The van der Waals surface area contributed by atoms with E-state index in [1.54, 1.807) is 35.7 Å². The van der Waals surface area contributed by atoms with Gasteiger partial charge in [-0.15, -0.1) is 11.3 Å². The third-order valence-electron chi connectivity index (χ3n) is 11.4. The number of ether oxygens (including phenoxy) is 3. The highest BCUT2D eigenvalue weighted by Gasteiger charge is 2.45. The van der Waals surface area contributed by atoms with Crippen LogP contribution in [0.2, 0.25) is 0 Å². The van der Waals surface area contributed by atoms with Gasteiger partial charge < -0.3 is 24.8 Å². The summed E-state index contributed by atoms with van der Waals surface area (Å²) in [6.45, 7) is 9.27. The molecule has 3 amide bonds. The minimum Gasteiger partial charge on any atom is -0.493 e. The number of unbranched alkanes of at least 4 members (excludes halogenated alkanes) is 3. The molecule has 14 heteroatoms. The number of amides is 3. The molecule has 2 fully saturated rings. The summed E-state index contributed by atoms with van der Waals surface area (Å²) in [6, 6.07) is 13.9. The first kappa shape index (κ1) is 45.1. The molecule has 0 radical (unpaired) electrons. The van der Waals surface area contributed by atoms with Gasteiger partial charge >= 0.3 is 0 Å². The number of benzene rings is 2. The van der Waals surface area contributed by atoms with Crippen molar-refractivity contribution in [3.05, 3.63) is 88.2 Å². The highest BCUT2D eigenvalue weighted by molar-refractivity contribution is 7.15. The van der Waals surface area contributed by atoms with Crippen molar-refractivity contribution in [1.29, 1.82) is 0 Å². The number of piperidine rings is 1. The van der Waals surface area contributed by atoms with Crippen LogP contribution in [0, 0.1) is 17.3 Å². The van der Waals surface area contributed by atoms with Gasteiger partial charge in [0, 0.05) is 61.0 Å². The minimum absolute atomic E-state index is 0.0801. The maximum atomic E-state index is 13.3. The number of carbonyl (C=O) groups is 5. The van der Waals surface area contributed by atoms with Crippen molar-refractivity contribution in [2.45, 2.75) is 104 Å². The average Bonchev–Trinajstić information content (AvgIpc) is 3.86. The van der Waals surface area contributed by atoms with Crippen LogP contribution in [0.15, 0.2) is 60.9 Å². The van der Waals surface area contributed by atoms with Crippen LogP contribution >= 0.6 is 11.3 Å². The highest BCUT2D eigenvalue weighted by atomic mass is 32.1. The number of aromatic nitrogens is 2. The summed E-state index contributed by atoms with van der Waals surface area (Å²) in [5, 5.41) is 1.05. The summed E-state index contributed by atoms with van der Waals surface area (Å²) >= 11 is 1.64. The summed E-state index contributed by atoms with van der Waals surface area (Å²) in [4.78, 5) is 76.6. The van der Waals surface area contributed by atoms with E-state index in [-0.39, 0.29) is 53.4 Å². The number of imide groups is 1. The minimum atomic E-state index is -0.913. The molecule has 7 rings (SSSR count). The van der Waals surface area contributed by atoms with Crippen LogP contribution in [0.4, 0.5) is 5.82 Å². The number of fused-ring (bicyclic) bond motifs is 1. The monoisotopic (exact) mass is 873 g/mol. The van der Waals surface area contributed by atoms with Crippen LogP contribution in [0.5, 0.6) is 11.5 Å². The second kappa shape index (κ2) is 20.5. The lowest BCUT2D eigenvalue weighted by molar-refractivity contribution is -0.134. The van der Waals surface area contributed by atoms with E-state index < -0.39 is 23.6 Å². The third-order valence-corrected chi connectivity index (χ3v) is 12.6. The molecule has 2 aliphatic heterocycles. The molecular weight excluding hydrogens is 819 g/mol. The van der Waals surface area contributed by atoms with Gasteiger partial charge in [-0.2, -0.15) is 0 Å². The molecule has 4 heterocycles. The number of Topliss-reactive ketones (excluding diaryl/α,β-unsaturated/α-hetero) is 2. The summed E-state index contributed by atoms with van der Waals surface area (Å²) in [5.74, 6) is 6.43. The smallest absolute Gasteiger partial charge is 0.266 e. The van der Waals surface area contributed by atoms with E-state index in [9.17, 15) is 24.0 Å². The fourth-order valence-electron chi connectivity index (χ4n) is 7.92. The molecule has 1 unspecified atom stereocenters. The maximum Gasteiger partial charge on any atom is 0.266 e. The SMILES string of the molecule is CC(C)(C)C#Cc1cccc(COc2cc(-c3cnc(C4CCN(C(=O)CCOCCCCCCOc5cccc6c5C(=O)N(C5CCC(=O)CC5=O)C6=O)CC4)s3)cnc2N)c1. The number of nitrogen functional groups attached to an aromatic ring is 1. The summed E-state index contributed by atoms with van der Waals surface area (Å²) < 4.78 is 17.9. The Labute approximate surface area is 372 Å². The highest BCUT2D eigenvalue weighted by Crippen LogP contribution is 2.37. The molecule has 1 saturated heterocycles. The number of carbonyl (C=O) groups excluding carboxylic acids is 5. The normalized spacial score (nSPS) is 16.8. The van der Waals surface area contributed by atoms with Crippen molar-refractivity contribution < 1.29 is 38.2 Å². The van der Waals surface area contributed by atoms with Crippen molar-refractivity contribution in [2.75, 3.05) is 38.6 Å². The van der Waals surface area contributed by atoms with Crippen LogP contribution in [0.25, 0.3) is 10.4 Å². The largest absolute Gasteiger partial charge is 0.493 e. The standard InChI is InChI=1S/C49H55N5O8S/c1-49(2,3)20-16-32-10-8-11-33(26-32)31-62-41-27-35(29-51-45(41)50)42-30-52-46(63-42)34-17-21-53(22-18-34)43(57)19-25-60-23-6-4-5-7-24-61-40-13-9-12-37-44(40)48(59)54(47(37)58)38-15-14-36(55)28-39(38)56/h8-13,26-27,29-30,34,38H,4-7,14-15,17-19,21-25,28,31H2,1-3H3,(H2,50,51). The van der Waals surface area contributed by atoms with Crippen LogP contribution in [-0.2, 0) is 25.7 Å². The zero-order valence-electron chi connectivity index (χ0n) is 36.3. The van der Waals surface area contributed by atoms with E-state index in [4.69, 9.17) is 24.9 Å². The molecule has 1 atom stereocenters. The first-order valence-electron chi connectivity index (χ1n) is 21.8. The summed E-state index contributed by atoms with van der Waals surface area (Å²) in [6.07, 6.45) is 9.14. The molecule has 3 aliphatic rings. The lowest BCUT2D eigenvalue weighted by atomic mass is 9.92. The molecule has 2 aromatic carbocycles. The average molecular weight is 874 g/mol. The molecule has 0 bridgehead atoms. The first-order valence-corrected chi connectivity index (χ1v) is 22.7. The van der Waals surface area contributed by atoms with Gasteiger partial charge in [0.05, 0.1) is 53.1 Å². The van der Waals surface area contributed by atoms with Gasteiger partial charge in [-0.25, -0.2) is 9.97 Å². The second-order valence-corrected chi connectivity index (χ2v) is 18.4. The lowest BCUT2D eigenvalue weighted by Crippen LogP contribution is -2.47. The Morgan fingerprint density at radius 2 is 1.65 bits per heavy atom. The van der Waals surface area contributed by atoms with E-state index in [0.717, 1.165) is 70.0 Å². The first-order chi connectivity index (χ1) is 30.3. The van der Waals surface area contributed by atoms with Crippen molar-refractivity contribution in [1.82, 2.24) is 19.8 Å². The third kappa shape index (κ3) is 11.6. The van der Waals surface area contributed by atoms with Gasteiger partial charge in [0.2, 0.25) is 5.91 Å². The Hall–Kier alpha value is -5.91. The Balaban J connectivity index is 0.768. The zero-order chi connectivity index (χ0) is 44.5. The molecular formula is C49H55N5O8S.